The van der Waals surface area contributed by atoms with Gasteiger partial charge < -0.3 is 5.32 Å². The Morgan fingerprint density at radius 3 is 2.71 bits per heavy atom. The summed E-state index contributed by atoms with van der Waals surface area (Å²) in [6, 6.07) is 4.21. The van der Waals surface area contributed by atoms with Crippen molar-refractivity contribution < 1.29 is 13.2 Å². The predicted molar refractivity (Wildman–Crippen MR) is 109 cm³/mol. The van der Waals surface area contributed by atoms with Crippen LogP contribution in [0.2, 0.25) is 0 Å². The Labute approximate surface area is 168 Å². The summed E-state index contributed by atoms with van der Waals surface area (Å²) in [4.78, 5) is 19.1. The maximum absolute atomic E-state index is 12.6. The molecule has 1 N–H and O–H groups in total. The Morgan fingerprint density at radius 2 is 2.04 bits per heavy atom. The van der Waals surface area contributed by atoms with E-state index >= 15 is 0 Å². The summed E-state index contributed by atoms with van der Waals surface area (Å²) in [5, 5.41) is 3.04. The van der Waals surface area contributed by atoms with Crippen LogP contribution in [0.4, 0.5) is 0 Å². The van der Waals surface area contributed by atoms with Crippen LogP contribution in [0.15, 0.2) is 24.5 Å². The lowest BCUT2D eigenvalue weighted by molar-refractivity contribution is -0.127. The second-order valence-electron chi connectivity index (χ2n) is 7.86. The van der Waals surface area contributed by atoms with Gasteiger partial charge in [0, 0.05) is 44.6 Å². The normalized spacial score (nSPS) is 22.8. The van der Waals surface area contributed by atoms with Crippen LogP contribution >= 0.6 is 0 Å². The number of pyridine rings is 1. The van der Waals surface area contributed by atoms with E-state index in [0.717, 1.165) is 44.3 Å². The highest BCUT2D eigenvalue weighted by Crippen LogP contribution is 2.25. The maximum atomic E-state index is 12.6. The molecule has 3 rings (SSSR count). The smallest absolute Gasteiger partial charge is 0.224 e. The summed E-state index contributed by atoms with van der Waals surface area (Å²) in [7, 11) is -3.10. The molecule has 1 atom stereocenters. The summed E-state index contributed by atoms with van der Waals surface area (Å²) in [6.45, 7) is 5.38. The minimum Gasteiger partial charge on any atom is -0.352 e. The van der Waals surface area contributed by atoms with Gasteiger partial charge in [0.2, 0.25) is 15.9 Å². The van der Waals surface area contributed by atoms with E-state index in [2.05, 4.69) is 15.2 Å². The zero-order valence-corrected chi connectivity index (χ0v) is 17.5. The number of hydrogen-bond acceptors (Lipinski definition) is 5. The number of hydrogen-bond donors (Lipinski definition) is 1. The fourth-order valence-electron chi connectivity index (χ4n) is 4.26. The van der Waals surface area contributed by atoms with Gasteiger partial charge >= 0.3 is 0 Å². The molecule has 0 unspecified atom stereocenters. The molecule has 0 saturated carbocycles. The largest absolute Gasteiger partial charge is 0.352 e. The summed E-state index contributed by atoms with van der Waals surface area (Å²) in [5.74, 6) is 0.351. The first kappa shape index (κ1) is 21.2. The molecule has 0 radical (unpaired) electrons. The van der Waals surface area contributed by atoms with Gasteiger partial charge in [0.25, 0.3) is 0 Å². The van der Waals surface area contributed by atoms with Crippen LogP contribution in [0, 0.1) is 5.92 Å². The minimum atomic E-state index is -3.10. The number of amides is 1. The third-order valence-electron chi connectivity index (χ3n) is 5.81. The van der Waals surface area contributed by atoms with Gasteiger partial charge in [0.05, 0.1) is 11.7 Å². The number of carbonyl (C=O) groups is 1. The van der Waals surface area contributed by atoms with Crippen molar-refractivity contribution in [2.45, 2.75) is 51.6 Å². The van der Waals surface area contributed by atoms with Crippen LogP contribution < -0.4 is 5.32 Å². The van der Waals surface area contributed by atoms with Crippen LogP contribution in [-0.4, -0.2) is 66.5 Å². The van der Waals surface area contributed by atoms with Crippen molar-refractivity contribution >= 4 is 15.9 Å². The minimum absolute atomic E-state index is 0.00674. The molecular formula is C20H32N4O3S. The highest BCUT2D eigenvalue weighted by atomic mass is 32.2. The van der Waals surface area contributed by atoms with Crippen molar-refractivity contribution in [1.29, 1.82) is 0 Å². The van der Waals surface area contributed by atoms with Gasteiger partial charge in [-0.3, -0.25) is 14.7 Å². The molecule has 1 amide bonds. The Hall–Kier alpha value is -1.51. The fraction of sp³-hybridized carbons (Fsp3) is 0.700. The molecule has 0 spiro atoms. The van der Waals surface area contributed by atoms with Gasteiger partial charge in [-0.05, 0) is 50.3 Å². The SMILES string of the molecule is CCCS(=O)(=O)N1CCC(N2CCC[C@H](C(=O)NCc3cccnc3)C2)CC1. The van der Waals surface area contributed by atoms with Crippen LogP contribution in [0.1, 0.15) is 44.6 Å². The molecule has 28 heavy (non-hydrogen) atoms. The van der Waals surface area contributed by atoms with Gasteiger partial charge in [-0.1, -0.05) is 13.0 Å². The zero-order valence-electron chi connectivity index (χ0n) is 16.7. The van der Waals surface area contributed by atoms with Crippen molar-refractivity contribution in [3.8, 4) is 0 Å². The van der Waals surface area contributed by atoms with E-state index in [1.807, 2.05) is 19.1 Å². The lowest BCUT2D eigenvalue weighted by Gasteiger charge is -2.41. The highest BCUT2D eigenvalue weighted by Gasteiger charge is 2.33. The Kier molecular flexibility index (Phi) is 7.42. The van der Waals surface area contributed by atoms with Crippen molar-refractivity contribution in [3.05, 3.63) is 30.1 Å². The average Bonchev–Trinajstić information content (AvgIpc) is 2.73. The van der Waals surface area contributed by atoms with Crippen LogP contribution in [0.3, 0.4) is 0 Å². The van der Waals surface area contributed by atoms with Gasteiger partial charge in [0.1, 0.15) is 0 Å². The molecule has 2 aliphatic rings. The summed E-state index contributed by atoms with van der Waals surface area (Å²) >= 11 is 0. The fourth-order valence-corrected chi connectivity index (χ4v) is 5.80. The van der Waals surface area contributed by atoms with Crippen molar-refractivity contribution in [2.75, 3.05) is 31.9 Å². The van der Waals surface area contributed by atoms with Crippen molar-refractivity contribution in [1.82, 2.24) is 19.5 Å². The molecule has 0 aliphatic carbocycles. The van der Waals surface area contributed by atoms with E-state index in [4.69, 9.17) is 0 Å². The molecule has 0 aromatic carbocycles. The van der Waals surface area contributed by atoms with E-state index in [0.29, 0.717) is 32.1 Å². The van der Waals surface area contributed by atoms with E-state index in [9.17, 15) is 13.2 Å². The van der Waals surface area contributed by atoms with E-state index in [1.54, 1.807) is 16.7 Å². The Morgan fingerprint density at radius 1 is 1.25 bits per heavy atom. The lowest BCUT2D eigenvalue weighted by Crippen LogP contribution is -2.51. The first-order chi connectivity index (χ1) is 13.5. The Bertz CT molecular complexity index is 733. The molecule has 2 aliphatic heterocycles. The molecule has 1 aromatic rings. The third kappa shape index (κ3) is 5.52. The molecule has 3 heterocycles. The molecular weight excluding hydrogens is 376 g/mol. The molecule has 2 saturated heterocycles. The van der Waals surface area contributed by atoms with E-state index in [-0.39, 0.29) is 17.6 Å². The average molecular weight is 409 g/mol. The number of nitrogens with zero attached hydrogens (tertiary/aromatic N) is 3. The maximum Gasteiger partial charge on any atom is 0.224 e. The summed E-state index contributed by atoms with van der Waals surface area (Å²) < 4.78 is 26.2. The number of piperidine rings is 2. The summed E-state index contributed by atoms with van der Waals surface area (Å²) in [5.41, 5.74) is 1.00. The highest BCUT2D eigenvalue weighted by molar-refractivity contribution is 7.89. The number of carbonyl (C=O) groups excluding carboxylic acids is 1. The second-order valence-corrected chi connectivity index (χ2v) is 9.95. The number of likely N-dealkylation sites (tertiary alicyclic amines) is 1. The lowest BCUT2D eigenvalue weighted by atomic mass is 9.93. The monoisotopic (exact) mass is 408 g/mol. The number of sulfonamides is 1. The van der Waals surface area contributed by atoms with Crippen LogP contribution in [0.25, 0.3) is 0 Å². The summed E-state index contributed by atoms with van der Waals surface area (Å²) in [6.07, 6.45) is 7.79. The standard InChI is InChI=1S/C20H32N4O3S/c1-2-13-28(26,27)24-11-7-19(8-12-24)23-10-4-6-18(16-23)20(25)22-15-17-5-3-9-21-14-17/h3,5,9,14,18-19H,2,4,6-8,10-13,15-16H2,1H3,(H,22,25)/t18-/m0/s1. The second kappa shape index (κ2) is 9.80. The molecule has 7 nitrogen and oxygen atoms in total. The predicted octanol–water partition coefficient (Wildman–Crippen LogP) is 1.61. The van der Waals surface area contributed by atoms with Crippen molar-refractivity contribution in [3.63, 3.8) is 0 Å². The zero-order chi connectivity index (χ0) is 20.0. The van der Waals surface area contributed by atoms with Gasteiger partial charge in [-0.2, -0.15) is 0 Å². The van der Waals surface area contributed by atoms with Gasteiger partial charge in [-0.15, -0.1) is 0 Å². The van der Waals surface area contributed by atoms with Crippen LogP contribution in [0.5, 0.6) is 0 Å². The number of aromatic nitrogens is 1. The topological polar surface area (TPSA) is 82.6 Å². The number of nitrogens with one attached hydrogen (secondary N) is 1. The first-order valence-electron chi connectivity index (χ1n) is 10.4. The van der Waals surface area contributed by atoms with Gasteiger partial charge in [0.15, 0.2) is 0 Å². The molecule has 0 bridgehead atoms. The Balaban J connectivity index is 1.48. The first-order valence-corrected chi connectivity index (χ1v) is 12.0. The molecule has 2 fully saturated rings. The van der Waals surface area contributed by atoms with E-state index < -0.39 is 10.0 Å². The van der Waals surface area contributed by atoms with E-state index in [1.165, 1.54) is 0 Å². The number of rotatable bonds is 7. The van der Waals surface area contributed by atoms with Gasteiger partial charge in [-0.25, -0.2) is 12.7 Å². The molecule has 156 valence electrons. The third-order valence-corrected chi connectivity index (χ3v) is 7.88. The van der Waals surface area contributed by atoms with Crippen molar-refractivity contribution in [2.24, 2.45) is 5.92 Å². The molecule has 1 aromatic heterocycles. The molecule has 8 heteroatoms. The van der Waals surface area contributed by atoms with Crippen LogP contribution in [-0.2, 0) is 21.4 Å². The quantitative estimate of drug-likeness (QED) is 0.741.